The Balaban J connectivity index is 1.75. The molecule has 7 heteroatoms. The van der Waals surface area contributed by atoms with Gasteiger partial charge in [0.2, 0.25) is 5.91 Å². The van der Waals surface area contributed by atoms with E-state index < -0.39 is 0 Å². The number of nitrogens with one attached hydrogen (secondary N) is 2. The van der Waals surface area contributed by atoms with Gasteiger partial charge in [0, 0.05) is 5.69 Å². The van der Waals surface area contributed by atoms with E-state index in [-0.39, 0.29) is 18.5 Å². The fourth-order valence-electron chi connectivity index (χ4n) is 2.95. The van der Waals surface area contributed by atoms with Gasteiger partial charge in [-0.15, -0.1) is 0 Å². The van der Waals surface area contributed by atoms with Gasteiger partial charge in [0.1, 0.15) is 23.4 Å². The van der Waals surface area contributed by atoms with E-state index in [9.17, 15) is 10.1 Å². The predicted octanol–water partition coefficient (Wildman–Crippen LogP) is 3.50. The van der Waals surface area contributed by atoms with E-state index in [0.717, 1.165) is 22.8 Å². The van der Waals surface area contributed by atoms with Crippen LogP contribution >= 0.6 is 0 Å². The maximum Gasteiger partial charge on any atom is 0.239 e. The van der Waals surface area contributed by atoms with E-state index >= 15 is 0 Å². The van der Waals surface area contributed by atoms with E-state index in [4.69, 9.17) is 8.83 Å². The van der Waals surface area contributed by atoms with Crippen LogP contribution in [0.3, 0.4) is 0 Å². The van der Waals surface area contributed by atoms with Gasteiger partial charge in [-0.2, -0.15) is 5.26 Å². The monoisotopic (exact) mass is 366 g/mol. The summed E-state index contributed by atoms with van der Waals surface area (Å²) in [6.07, 6.45) is 3.20. The van der Waals surface area contributed by atoms with Gasteiger partial charge >= 0.3 is 0 Å². The van der Waals surface area contributed by atoms with E-state index in [0.29, 0.717) is 17.9 Å². The number of furan rings is 2. The number of anilines is 1. The lowest BCUT2D eigenvalue weighted by Gasteiger charge is -2.14. The maximum atomic E-state index is 12.5. The standard InChI is InChI=1S/C20H22N4O3/c1-13-15(3)24(12-16-6-4-8-26-16)20(17(13)10-21)23-19(25)11-22-14(2)18-7-5-9-27-18/h4-9,14,22H,11-12H2,1-3H3,(H,23,25)/t14-/m0/s1. The molecule has 0 saturated heterocycles. The summed E-state index contributed by atoms with van der Waals surface area (Å²) in [6.45, 7) is 6.25. The molecule has 140 valence electrons. The minimum Gasteiger partial charge on any atom is -0.468 e. The number of hydrogen-bond donors (Lipinski definition) is 2. The summed E-state index contributed by atoms with van der Waals surface area (Å²) in [5.74, 6) is 1.76. The highest BCUT2D eigenvalue weighted by atomic mass is 16.3. The molecule has 0 aromatic carbocycles. The van der Waals surface area contributed by atoms with Crippen LogP contribution < -0.4 is 10.6 Å². The quantitative estimate of drug-likeness (QED) is 0.667. The molecule has 0 fully saturated rings. The average Bonchev–Trinajstić information content (AvgIpc) is 3.40. The molecule has 0 aliphatic rings. The molecule has 2 N–H and O–H groups in total. The maximum absolute atomic E-state index is 12.5. The van der Waals surface area contributed by atoms with Crippen LogP contribution in [0.2, 0.25) is 0 Å². The Bertz CT molecular complexity index is 947. The molecule has 3 aromatic heterocycles. The zero-order valence-electron chi connectivity index (χ0n) is 15.6. The van der Waals surface area contributed by atoms with Crippen molar-refractivity contribution in [1.82, 2.24) is 9.88 Å². The second kappa shape index (κ2) is 7.98. The van der Waals surface area contributed by atoms with Crippen molar-refractivity contribution in [3.63, 3.8) is 0 Å². The number of nitriles is 1. The molecular formula is C20H22N4O3. The molecule has 0 aliphatic heterocycles. The number of hydrogen-bond acceptors (Lipinski definition) is 5. The Labute approximate surface area is 157 Å². The summed E-state index contributed by atoms with van der Waals surface area (Å²) in [6, 6.07) is 9.43. The van der Waals surface area contributed by atoms with Gasteiger partial charge in [0.15, 0.2) is 0 Å². The molecule has 0 bridgehead atoms. The largest absolute Gasteiger partial charge is 0.468 e. The Hall–Kier alpha value is -3.24. The van der Waals surface area contributed by atoms with Crippen molar-refractivity contribution in [3.8, 4) is 6.07 Å². The molecule has 1 amide bonds. The lowest BCUT2D eigenvalue weighted by atomic mass is 10.2. The zero-order chi connectivity index (χ0) is 19.4. The second-order valence-corrected chi connectivity index (χ2v) is 6.38. The van der Waals surface area contributed by atoms with Crippen LogP contribution in [0.1, 0.15) is 41.3 Å². The molecule has 0 saturated carbocycles. The Kier molecular flexibility index (Phi) is 5.48. The molecule has 3 heterocycles. The molecule has 0 spiro atoms. The smallest absolute Gasteiger partial charge is 0.239 e. The van der Waals surface area contributed by atoms with Crippen LogP contribution in [0.4, 0.5) is 5.82 Å². The van der Waals surface area contributed by atoms with Gasteiger partial charge in [-0.05, 0) is 50.6 Å². The first-order valence-electron chi connectivity index (χ1n) is 8.70. The van der Waals surface area contributed by atoms with E-state index in [1.54, 1.807) is 18.6 Å². The molecular weight excluding hydrogens is 344 g/mol. The SMILES string of the molecule is Cc1c(C#N)c(NC(=O)CN[C@@H](C)c2ccco2)n(Cc2ccco2)c1C. The van der Waals surface area contributed by atoms with Crippen molar-refractivity contribution in [2.24, 2.45) is 0 Å². The molecule has 3 rings (SSSR count). The number of aromatic nitrogens is 1. The van der Waals surface area contributed by atoms with Crippen LogP contribution in [0.5, 0.6) is 0 Å². The Morgan fingerprint density at radius 1 is 1.26 bits per heavy atom. The summed E-state index contributed by atoms with van der Waals surface area (Å²) in [4.78, 5) is 12.5. The van der Waals surface area contributed by atoms with Gasteiger partial charge in [-0.3, -0.25) is 10.1 Å². The van der Waals surface area contributed by atoms with Crippen molar-refractivity contribution in [3.05, 3.63) is 65.1 Å². The van der Waals surface area contributed by atoms with Crippen LogP contribution in [0.25, 0.3) is 0 Å². The van der Waals surface area contributed by atoms with Gasteiger partial charge in [0.25, 0.3) is 0 Å². The van der Waals surface area contributed by atoms with E-state index in [1.807, 2.05) is 43.5 Å². The van der Waals surface area contributed by atoms with Crippen molar-refractivity contribution in [2.45, 2.75) is 33.4 Å². The molecule has 3 aromatic rings. The number of rotatable bonds is 7. The summed E-state index contributed by atoms with van der Waals surface area (Å²) < 4.78 is 12.6. The third-order valence-corrected chi connectivity index (χ3v) is 4.63. The molecule has 0 unspecified atom stereocenters. The van der Waals surface area contributed by atoms with Crippen LogP contribution in [0, 0.1) is 25.2 Å². The molecule has 27 heavy (non-hydrogen) atoms. The van der Waals surface area contributed by atoms with E-state index in [1.165, 1.54) is 0 Å². The van der Waals surface area contributed by atoms with Gasteiger partial charge in [-0.25, -0.2) is 0 Å². The third-order valence-electron chi connectivity index (χ3n) is 4.63. The highest BCUT2D eigenvalue weighted by Crippen LogP contribution is 2.27. The number of nitrogens with zero attached hydrogens (tertiary/aromatic N) is 2. The van der Waals surface area contributed by atoms with Crippen LogP contribution in [0.15, 0.2) is 45.6 Å². The number of carbonyl (C=O) groups excluding carboxylic acids is 1. The molecule has 7 nitrogen and oxygen atoms in total. The lowest BCUT2D eigenvalue weighted by molar-refractivity contribution is -0.115. The average molecular weight is 366 g/mol. The predicted molar refractivity (Wildman–Crippen MR) is 100 cm³/mol. The topological polar surface area (TPSA) is 96.1 Å². The van der Waals surface area contributed by atoms with Gasteiger partial charge in [-0.1, -0.05) is 0 Å². The van der Waals surface area contributed by atoms with Crippen molar-refractivity contribution in [1.29, 1.82) is 5.26 Å². The highest BCUT2D eigenvalue weighted by Gasteiger charge is 2.20. The van der Waals surface area contributed by atoms with Crippen LogP contribution in [-0.4, -0.2) is 17.0 Å². The fourth-order valence-corrected chi connectivity index (χ4v) is 2.95. The summed E-state index contributed by atoms with van der Waals surface area (Å²) in [7, 11) is 0. The fraction of sp³-hybridized carbons (Fsp3) is 0.300. The minimum absolute atomic E-state index is 0.0940. The lowest BCUT2D eigenvalue weighted by Crippen LogP contribution is -2.31. The minimum atomic E-state index is -0.233. The number of amides is 1. The number of carbonyl (C=O) groups is 1. The van der Waals surface area contributed by atoms with Crippen molar-refractivity contribution in [2.75, 3.05) is 11.9 Å². The Morgan fingerprint density at radius 2 is 2.00 bits per heavy atom. The molecule has 1 atom stereocenters. The Morgan fingerprint density at radius 3 is 2.63 bits per heavy atom. The zero-order valence-corrected chi connectivity index (χ0v) is 15.6. The van der Waals surface area contributed by atoms with Crippen molar-refractivity contribution < 1.29 is 13.6 Å². The summed E-state index contributed by atoms with van der Waals surface area (Å²) in [5, 5.41) is 15.5. The third kappa shape index (κ3) is 3.96. The first kappa shape index (κ1) is 18.5. The van der Waals surface area contributed by atoms with Crippen LogP contribution in [-0.2, 0) is 11.3 Å². The van der Waals surface area contributed by atoms with Gasteiger partial charge < -0.3 is 18.7 Å². The highest BCUT2D eigenvalue weighted by molar-refractivity contribution is 5.93. The summed E-state index contributed by atoms with van der Waals surface area (Å²) in [5.41, 5.74) is 2.22. The van der Waals surface area contributed by atoms with Gasteiger partial charge in [0.05, 0.1) is 37.2 Å². The van der Waals surface area contributed by atoms with E-state index in [2.05, 4.69) is 16.7 Å². The van der Waals surface area contributed by atoms with Crippen molar-refractivity contribution >= 4 is 11.7 Å². The first-order chi connectivity index (χ1) is 13.0. The molecule has 0 radical (unpaired) electrons. The summed E-state index contributed by atoms with van der Waals surface area (Å²) >= 11 is 0. The first-order valence-corrected chi connectivity index (χ1v) is 8.70. The second-order valence-electron chi connectivity index (χ2n) is 6.38. The molecule has 0 aliphatic carbocycles. The normalized spacial score (nSPS) is 11.9.